The van der Waals surface area contributed by atoms with Crippen molar-refractivity contribution in [1.29, 1.82) is 0 Å². The molecule has 0 saturated heterocycles. The van der Waals surface area contributed by atoms with Crippen molar-refractivity contribution in [2.45, 2.75) is 31.8 Å². The molecule has 0 aromatic heterocycles. The molecule has 0 radical (unpaired) electrons. The van der Waals surface area contributed by atoms with E-state index in [1.54, 1.807) is 0 Å². The van der Waals surface area contributed by atoms with Crippen LogP contribution < -0.4 is 5.73 Å². The molecular weight excluding hydrogens is 294 g/mol. The van der Waals surface area contributed by atoms with Crippen LogP contribution in [0.3, 0.4) is 0 Å². The molecule has 2 aromatic carbocycles. The van der Waals surface area contributed by atoms with Gasteiger partial charge in [0.05, 0.1) is 6.04 Å². The monoisotopic (exact) mass is 316 g/mol. The topological polar surface area (TPSA) is 29.3 Å². The lowest BCUT2D eigenvalue weighted by atomic mass is 9.84. The van der Waals surface area contributed by atoms with Gasteiger partial charge in [-0.2, -0.15) is 0 Å². The Labute approximate surface area is 135 Å². The Hall–Kier alpha value is -1.78. The third-order valence-corrected chi connectivity index (χ3v) is 4.70. The zero-order valence-electron chi connectivity index (χ0n) is 13.5. The van der Waals surface area contributed by atoms with E-state index in [0.717, 1.165) is 12.6 Å². The van der Waals surface area contributed by atoms with Crippen LogP contribution >= 0.6 is 0 Å². The number of nitrogens with two attached hydrogens (primary N) is 1. The minimum Gasteiger partial charge on any atom is -0.329 e. The van der Waals surface area contributed by atoms with E-state index in [4.69, 9.17) is 5.73 Å². The molecule has 3 rings (SSSR count). The first-order chi connectivity index (χ1) is 10.9. The molecule has 2 aromatic rings. The Morgan fingerprint density at radius 1 is 1.17 bits per heavy atom. The molecule has 1 aliphatic heterocycles. The molecule has 1 atom stereocenters. The van der Waals surface area contributed by atoms with Gasteiger partial charge >= 0.3 is 0 Å². The quantitative estimate of drug-likeness (QED) is 0.930. The first-order valence-electron chi connectivity index (χ1n) is 7.90. The van der Waals surface area contributed by atoms with Crippen LogP contribution in [0.5, 0.6) is 0 Å². The van der Waals surface area contributed by atoms with Gasteiger partial charge < -0.3 is 5.73 Å². The van der Waals surface area contributed by atoms with Crippen LogP contribution in [0, 0.1) is 11.6 Å². The van der Waals surface area contributed by atoms with Crippen molar-refractivity contribution in [3.8, 4) is 0 Å². The normalized spacial score (nSPS) is 18.2. The minimum atomic E-state index is -0.527. The van der Waals surface area contributed by atoms with Crippen LogP contribution in [-0.4, -0.2) is 18.0 Å². The fourth-order valence-corrected chi connectivity index (χ4v) is 3.57. The van der Waals surface area contributed by atoms with E-state index in [-0.39, 0.29) is 11.5 Å². The lowest BCUT2D eigenvalue weighted by molar-refractivity contribution is 0.177. The molecule has 1 unspecified atom stereocenters. The van der Waals surface area contributed by atoms with Gasteiger partial charge in [0.2, 0.25) is 0 Å². The van der Waals surface area contributed by atoms with Gasteiger partial charge in [-0.05, 0) is 17.2 Å². The molecule has 0 fully saturated rings. The number of halogens is 2. The maximum absolute atomic E-state index is 14.2. The Morgan fingerprint density at radius 3 is 2.52 bits per heavy atom. The van der Waals surface area contributed by atoms with Gasteiger partial charge in [-0.15, -0.1) is 0 Å². The molecule has 2 N–H and O–H groups in total. The van der Waals surface area contributed by atoms with Crippen molar-refractivity contribution in [3.05, 3.63) is 70.8 Å². The molecular formula is C19H22F2N2. The van der Waals surface area contributed by atoms with Gasteiger partial charge in [-0.25, -0.2) is 8.78 Å². The molecule has 2 nitrogen and oxygen atoms in total. The van der Waals surface area contributed by atoms with E-state index in [1.807, 2.05) is 18.2 Å². The van der Waals surface area contributed by atoms with Crippen molar-refractivity contribution in [3.63, 3.8) is 0 Å². The van der Waals surface area contributed by atoms with Gasteiger partial charge in [0, 0.05) is 36.7 Å². The van der Waals surface area contributed by atoms with Crippen LogP contribution in [0.25, 0.3) is 0 Å². The maximum Gasteiger partial charge on any atom is 0.131 e. The van der Waals surface area contributed by atoms with E-state index in [9.17, 15) is 8.78 Å². The third-order valence-electron chi connectivity index (χ3n) is 4.70. The SMILES string of the molecule is CC(C)(CN1Cc2cc(F)cc(F)c2C1CN)c1ccccc1. The fourth-order valence-electron chi connectivity index (χ4n) is 3.57. The van der Waals surface area contributed by atoms with Crippen LogP contribution in [-0.2, 0) is 12.0 Å². The number of benzene rings is 2. The molecule has 0 amide bonds. The number of hydrogen-bond donors (Lipinski definition) is 1. The molecule has 4 heteroatoms. The van der Waals surface area contributed by atoms with Gasteiger partial charge in [0.25, 0.3) is 0 Å². The highest BCUT2D eigenvalue weighted by Gasteiger charge is 2.36. The highest BCUT2D eigenvalue weighted by atomic mass is 19.1. The molecule has 0 spiro atoms. The Morgan fingerprint density at radius 2 is 1.87 bits per heavy atom. The predicted molar refractivity (Wildman–Crippen MR) is 88.0 cm³/mol. The Balaban J connectivity index is 1.89. The smallest absolute Gasteiger partial charge is 0.131 e. The van der Waals surface area contributed by atoms with E-state index in [0.29, 0.717) is 24.2 Å². The first-order valence-corrected chi connectivity index (χ1v) is 7.90. The average molecular weight is 316 g/mol. The van der Waals surface area contributed by atoms with Crippen LogP contribution in [0.1, 0.15) is 36.6 Å². The van der Waals surface area contributed by atoms with Gasteiger partial charge in [-0.3, -0.25) is 4.90 Å². The van der Waals surface area contributed by atoms with Crippen LogP contribution in [0.15, 0.2) is 42.5 Å². The largest absolute Gasteiger partial charge is 0.329 e. The zero-order chi connectivity index (χ0) is 16.6. The van der Waals surface area contributed by atoms with Crippen LogP contribution in [0.4, 0.5) is 8.78 Å². The van der Waals surface area contributed by atoms with E-state index < -0.39 is 11.6 Å². The summed E-state index contributed by atoms with van der Waals surface area (Å²) in [4.78, 5) is 2.15. The van der Waals surface area contributed by atoms with Crippen LogP contribution in [0.2, 0.25) is 0 Å². The number of hydrogen-bond acceptors (Lipinski definition) is 2. The number of rotatable bonds is 4. The van der Waals surface area contributed by atoms with Gasteiger partial charge in [0.15, 0.2) is 0 Å². The summed E-state index contributed by atoms with van der Waals surface area (Å²) in [6.07, 6.45) is 0. The summed E-state index contributed by atoms with van der Waals surface area (Å²) in [5.74, 6) is -1.02. The van der Waals surface area contributed by atoms with E-state index in [2.05, 4.69) is 30.9 Å². The summed E-state index contributed by atoms with van der Waals surface area (Å²) in [5.41, 5.74) is 8.28. The maximum atomic E-state index is 14.2. The van der Waals surface area contributed by atoms with Crippen molar-refractivity contribution in [2.24, 2.45) is 5.73 Å². The summed E-state index contributed by atoms with van der Waals surface area (Å²) in [6, 6.07) is 12.4. The second-order valence-electron chi connectivity index (χ2n) is 6.87. The minimum absolute atomic E-state index is 0.105. The van der Waals surface area contributed by atoms with E-state index >= 15 is 0 Å². The molecule has 0 aliphatic carbocycles. The molecule has 0 bridgehead atoms. The fraction of sp³-hybridized carbons (Fsp3) is 0.368. The summed E-state index contributed by atoms with van der Waals surface area (Å²) in [6.45, 7) is 5.91. The van der Waals surface area contributed by atoms with Crippen molar-refractivity contribution >= 4 is 0 Å². The zero-order valence-corrected chi connectivity index (χ0v) is 13.5. The third kappa shape index (κ3) is 3.01. The lowest BCUT2D eigenvalue weighted by Gasteiger charge is -2.34. The summed E-state index contributed by atoms with van der Waals surface area (Å²) >= 11 is 0. The second-order valence-corrected chi connectivity index (χ2v) is 6.87. The summed E-state index contributed by atoms with van der Waals surface area (Å²) < 4.78 is 27.7. The highest BCUT2D eigenvalue weighted by Crippen LogP contribution is 2.38. The summed E-state index contributed by atoms with van der Waals surface area (Å²) in [7, 11) is 0. The summed E-state index contributed by atoms with van der Waals surface area (Å²) in [5, 5.41) is 0. The lowest BCUT2D eigenvalue weighted by Crippen LogP contribution is -2.38. The molecule has 23 heavy (non-hydrogen) atoms. The molecule has 122 valence electrons. The van der Waals surface area contributed by atoms with Crippen molar-refractivity contribution < 1.29 is 8.78 Å². The van der Waals surface area contributed by atoms with Crippen molar-refractivity contribution in [1.82, 2.24) is 4.90 Å². The highest BCUT2D eigenvalue weighted by molar-refractivity contribution is 5.37. The first kappa shape index (κ1) is 16.1. The van der Waals surface area contributed by atoms with E-state index in [1.165, 1.54) is 11.6 Å². The number of nitrogens with zero attached hydrogens (tertiary/aromatic N) is 1. The standard InChI is InChI=1S/C19H22F2N2/c1-19(2,14-6-4-3-5-7-14)12-23-11-13-8-15(20)9-16(21)18(13)17(23)10-22/h3-9,17H,10-12,22H2,1-2H3. The van der Waals surface area contributed by atoms with Crippen molar-refractivity contribution in [2.75, 3.05) is 13.1 Å². The average Bonchev–Trinajstić information content (AvgIpc) is 2.84. The molecule has 1 heterocycles. The number of fused-ring (bicyclic) bond motifs is 1. The molecule has 1 aliphatic rings. The predicted octanol–water partition coefficient (Wildman–Crippen LogP) is 3.76. The van der Waals surface area contributed by atoms with Gasteiger partial charge in [-0.1, -0.05) is 44.2 Å². The Bertz CT molecular complexity index is 698. The second kappa shape index (κ2) is 6.02. The Kier molecular flexibility index (Phi) is 4.21. The molecule has 0 saturated carbocycles. The van der Waals surface area contributed by atoms with Gasteiger partial charge in [0.1, 0.15) is 11.6 Å².